The van der Waals surface area contributed by atoms with Gasteiger partial charge in [-0.2, -0.15) is 0 Å². The van der Waals surface area contributed by atoms with Crippen molar-refractivity contribution >= 4 is 45.7 Å². The molecular weight excluding hydrogens is 391 g/mol. The van der Waals surface area contributed by atoms with Crippen molar-refractivity contribution in [3.8, 4) is 0 Å². The minimum atomic E-state index is -0.00655. The SMILES string of the molecule is N/C(=N/O)c1cc(CNc2ccc(Cl)cc2I)ccn1. The molecular formula is C13H12ClIN4O. The molecule has 0 atom stereocenters. The van der Waals surface area contributed by atoms with Gasteiger partial charge in [-0.1, -0.05) is 16.8 Å². The van der Waals surface area contributed by atoms with E-state index in [-0.39, 0.29) is 5.84 Å². The fourth-order valence-electron chi connectivity index (χ4n) is 1.61. The Morgan fingerprint density at radius 3 is 2.90 bits per heavy atom. The number of halogens is 2. The van der Waals surface area contributed by atoms with Crippen LogP contribution in [0.25, 0.3) is 0 Å². The number of aromatic nitrogens is 1. The normalized spacial score (nSPS) is 11.4. The van der Waals surface area contributed by atoms with Crippen LogP contribution in [0.2, 0.25) is 5.02 Å². The molecule has 0 unspecified atom stereocenters. The number of benzene rings is 1. The van der Waals surface area contributed by atoms with Gasteiger partial charge in [0.15, 0.2) is 5.84 Å². The quantitative estimate of drug-likeness (QED) is 0.241. The second kappa shape index (κ2) is 6.76. The van der Waals surface area contributed by atoms with Gasteiger partial charge < -0.3 is 16.3 Å². The van der Waals surface area contributed by atoms with Crippen LogP contribution in [0.1, 0.15) is 11.3 Å². The van der Waals surface area contributed by atoms with E-state index in [9.17, 15) is 0 Å². The van der Waals surface area contributed by atoms with Gasteiger partial charge in [-0.05, 0) is 58.5 Å². The summed E-state index contributed by atoms with van der Waals surface area (Å²) in [4.78, 5) is 4.03. The predicted octanol–water partition coefficient (Wildman–Crippen LogP) is 3.05. The largest absolute Gasteiger partial charge is 0.409 e. The highest BCUT2D eigenvalue weighted by Crippen LogP contribution is 2.22. The zero-order valence-electron chi connectivity index (χ0n) is 10.3. The lowest BCUT2D eigenvalue weighted by Crippen LogP contribution is -2.15. The van der Waals surface area contributed by atoms with Crippen LogP contribution in [-0.4, -0.2) is 16.0 Å². The summed E-state index contributed by atoms with van der Waals surface area (Å²) in [5.41, 5.74) is 7.93. The first-order chi connectivity index (χ1) is 9.60. The molecule has 4 N–H and O–H groups in total. The highest BCUT2D eigenvalue weighted by atomic mass is 127. The number of hydrogen-bond acceptors (Lipinski definition) is 4. The molecule has 0 aliphatic carbocycles. The average molecular weight is 403 g/mol. The van der Waals surface area contributed by atoms with Crippen molar-refractivity contribution < 1.29 is 5.21 Å². The Balaban J connectivity index is 2.11. The van der Waals surface area contributed by atoms with Crippen molar-refractivity contribution in [3.63, 3.8) is 0 Å². The van der Waals surface area contributed by atoms with E-state index in [0.717, 1.165) is 14.8 Å². The molecule has 0 saturated carbocycles. The van der Waals surface area contributed by atoms with Crippen LogP contribution in [0.3, 0.4) is 0 Å². The van der Waals surface area contributed by atoms with Gasteiger partial charge in [-0.3, -0.25) is 4.98 Å². The average Bonchev–Trinajstić information content (AvgIpc) is 2.46. The van der Waals surface area contributed by atoms with Crippen LogP contribution in [0, 0.1) is 3.57 Å². The van der Waals surface area contributed by atoms with E-state index in [4.69, 9.17) is 22.5 Å². The molecule has 5 nitrogen and oxygen atoms in total. The van der Waals surface area contributed by atoms with Gasteiger partial charge in [0.25, 0.3) is 0 Å². The predicted molar refractivity (Wildman–Crippen MR) is 88.2 cm³/mol. The third kappa shape index (κ3) is 3.73. The number of oxime groups is 1. The highest BCUT2D eigenvalue weighted by molar-refractivity contribution is 14.1. The van der Waals surface area contributed by atoms with Crippen LogP contribution in [-0.2, 0) is 6.54 Å². The minimum Gasteiger partial charge on any atom is -0.409 e. The Hall–Kier alpha value is -1.54. The van der Waals surface area contributed by atoms with Crippen molar-refractivity contribution in [1.82, 2.24) is 4.98 Å². The van der Waals surface area contributed by atoms with Crippen LogP contribution < -0.4 is 11.1 Å². The second-order valence-electron chi connectivity index (χ2n) is 4.01. The molecule has 20 heavy (non-hydrogen) atoms. The molecule has 0 aliphatic rings. The first-order valence-electron chi connectivity index (χ1n) is 5.72. The summed E-state index contributed by atoms with van der Waals surface area (Å²) >= 11 is 8.13. The second-order valence-corrected chi connectivity index (χ2v) is 5.61. The molecule has 7 heteroatoms. The smallest absolute Gasteiger partial charge is 0.188 e. The van der Waals surface area contributed by atoms with Crippen LogP contribution in [0.4, 0.5) is 5.69 Å². The first-order valence-corrected chi connectivity index (χ1v) is 7.17. The lowest BCUT2D eigenvalue weighted by Gasteiger charge is -2.09. The third-order valence-electron chi connectivity index (χ3n) is 2.61. The van der Waals surface area contributed by atoms with E-state index in [1.807, 2.05) is 24.3 Å². The van der Waals surface area contributed by atoms with Crippen molar-refractivity contribution in [2.75, 3.05) is 5.32 Å². The fourth-order valence-corrected chi connectivity index (χ4v) is 2.67. The van der Waals surface area contributed by atoms with Crippen LogP contribution in [0.15, 0.2) is 41.7 Å². The van der Waals surface area contributed by atoms with Crippen molar-refractivity contribution in [2.45, 2.75) is 6.54 Å². The maximum atomic E-state index is 8.64. The molecule has 0 saturated heterocycles. The maximum Gasteiger partial charge on any atom is 0.188 e. The molecule has 1 aromatic carbocycles. The molecule has 0 aliphatic heterocycles. The van der Waals surface area contributed by atoms with E-state index in [2.05, 4.69) is 38.0 Å². The Kier molecular flexibility index (Phi) is 5.02. The van der Waals surface area contributed by atoms with E-state index >= 15 is 0 Å². The topological polar surface area (TPSA) is 83.5 Å². The van der Waals surface area contributed by atoms with E-state index in [1.165, 1.54) is 0 Å². The lowest BCUT2D eigenvalue weighted by atomic mass is 10.2. The summed E-state index contributed by atoms with van der Waals surface area (Å²) in [5.74, 6) is -0.00655. The zero-order valence-corrected chi connectivity index (χ0v) is 13.3. The number of nitrogens with one attached hydrogen (secondary N) is 1. The third-order valence-corrected chi connectivity index (χ3v) is 3.74. The van der Waals surface area contributed by atoms with E-state index < -0.39 is 0 Å². The molecule has 2 aromatic rings. The summed E-state index contributed by atoms with van der Waals surface area (Å²) in [6, 6.07) is 9.28. The first kappa shape index (κ1) is 14.9. The summed E-state index contributed by atoms with van der Waals surface area (Å²) in [7, 11) is 0. The van der Waals surface area contributed by atoms with Gasteiger partial charge in [0.05, 0.1) is 0 Å². The lowest BCUT2D eigenvalue weighted by molar-refractivity contribution is 0.318. The molecule has 1 aromatic heterocycles. The van der Waals surface area contributed by atoms with Crippen molar-refractivity contribution in [2.24, 2.45) is 10.9 Å². The maximum absolute atomic E-state index is 8.64. The number of hydrogen-bond donors (Lipinski definition) is 3. The van der Waals surface area contributed by atoms with Gasteiger partial charge in [0.1, 0.15) is 5.69 Å². The number of nitrogens with two attached hydrogens (primary N) is 1. The summed E-state index contributed by atoms with van der Waals surface area (Å²) in [5, 5.41) is 15.6. The van der Waals surface area contributed by atoms with Gasteiger partial charge in [-0.15, -0.1) is 0 Å². The molecule has 1 heterocycles. The van der Waals surface area contributed by atoms with E-state index in [1.54, 1.807) is 12.3 Å². The fraction of sp³-hybridized carbons (Fsp3) is 0.0769. The van der Waals surface area contributed by atoms with Gasteiger partial charge in [0, 0.05) is 27.0 Å². The number of nitrogens with zero attached hydrogens (tertiary/aromatic N) is 2. The van der Waals surface area contributed by atoms with Crippen LogP contribution >= 0.6 is 34.2 Å². The highest BCUT2D eigenvalue weighted by Gasteiger charge is 2.04. The molecule has 0 bridgehead atoms. The van der Waals surface area contributed by atoms with Crippen LogP contribution in [0.5, 0.6) is 0 Å². The summed E-state index contributed by atoms with van der Waals surface area (Å²) < 4.78 is 1.04. The molecule has 104 valence electrons. The molecule has 0 amide bonds. The Labute approximate surface area is 135 Å². The Morgan fingerprint density at radius 1 is 1.40 bits per heavy atom. The van der Waals surface area contributed by atoms with Crippen molar-refractivity contribution in [3.05, 3.63) is 56.4 Å². The number of anilines is 1. The monoisotopic (exact) mass is 402 g/mol. The number of pyridine rings is 1. The standard InChI is InChI=1S/C13H12ClIN4O/c14-9-1-2-11(10(15)6-9)18-7-8-3-4-17-12(5-8)13(16)19-20/h1-6,18,20H,7H2,(H2,16,19). The molecule has 2 rings (SSSR count). The summed E-state index contributed by atoms with van der Waals surface area (Å²) in [6.07, 6.45) is 1.62. The van der Waals surface area contributed by atoms with Gasteiger partial charge >= 0.3 is 0 Å². The summed E-state index contributed by atoms with van der Waals surface area (Å²) in [6.45, 7) is 0.603. The number of rotatable bonds is 4. The van der Waals surface area contributed by atoms with Gasteiger partial charge in [0.2, 0.25) is 0 Å². The van der Waals surface area contributed by atoms with Crippen molar-refractivity contribution in [1.29, 1.82) is 0 Å². The molecule has 0 radical (unpaired) electrons. The Bertz CT molecular complexity index is 648. The van der Waals surface area contributed by atoms with E-state index in [0.29, 0.717) is 17.3 Å². The number of amidine groups is 1. The van der Waals surface area contributed by atoms with Gasteiger partial charge in [-0.25, -0.2) is 0 Å². The molecule has 0 spiro atoms. The minimum absolute atomic E-state index is 0.00655. The molecule has 0 fully saturated rings. The zero-order chi connectivity index (χ0) is 14.5. The Morgan fingerprint density at radius 2 is 2.20 bits per heavy atom.